The van der Waals surface area contributed by atoms with E-state index in [0.29, 0.717) is 0 Å². The van der Waals surface area contributed by atoms with E-state index >= 15 is 0 Å². The Morgan fingerprint density at radius 1 is 0.920 bits per heavy atom. The van der Waals surface area contributed by atoms with Gasteiger partial charge in [0, 0.05) is 12.3 Å². The van der Waals surface area contributed by atoms with Crippen molar-refractivity contribution in [1.82, 2.24) is 4.57 Å². The third-order valence-corrected chi connectivity index (χ3v) is 3.72. The molecule has 0 aliphatic rings. The van der Waals surface area contributed by atoms with Crippen LogP contribution >= 0.6 is 0 Å². The smallest absolute Gasteiger partial charge is 0.375 e. The van der Waals surface area contributed by atoms with Gasteiger partial charge in [-0.15, -0.1) is 0 Å². The highest BCUT2D eigenvalue weighted by atomic mass is 16.6. The van der Waals surface area contributed by atoms with Crippen molar-refractivity contribution >= 4 is 5.69 Å². The summed E-state index contributed by atoms with van der Waals surface area (Å²) in [6.45, 7) is 0.420. The van der Waals surface area contributed by atoms with E-state index in [9.17, 15) is 14.9 Å². The number of hydrogen-bond donors (Lipinski definition) is 0. The fraction of sp³-hybridized carbons (Fsp3) is 0.105. The van der Waals surface area contributed by atoms with Crippen LogP contribution in [0.1, 0.15) is 11.1 Å². The van der Waals surface area contributed by atoms with Gasteiger partial charge in [-0.2, -0.15) is 0 Å². The molecule has 0 fully saturated rings. The molecule has 2 aromatic carbocycles. The maximum absolute atomic E-state index is 12.5. The standard InChI is InChI=1S/C19H16N2O4/c22-19-18(21(23)24)17(25-14-16-9-5-2-6-10-16)11-12-20(19)13-15-7-3-1-4-8-15/h1-12H,13-14H2. The van der Waals surface area contributed by atoms with Crippen molar-refractivity contribution in [2.75, 3.05) is 0 Å². The molecule has 0 atom stereocenters. The lowest BCUT2D eigenvalue weighted by Crippen LogP contribution is -2.23. The van der Waals surface area contributed by atoms with E-state index in [1.54, 1.807) is 0 Å². The van der Waals surface area contributed by atoms with Gasteiger partial charge in [-0.25, -0.2) is 0 Å². The average Bonchev–Trinajstić information content (AvgIpc) is 2.63. The van der Waals surface area contributed by atoms with Gasteiger partial charge in [0.15, 0.2) is 0 Å². The molecule has 0 spiro atoms. The fourth-order valence-corrected chi connectivity index (χ4v) is 2.47. The molecule has 1 aromatic heterocycles. The molecule has 0 aliphatic heterocycles. The first-order valence-corrected chi connectivity index (χ1v) is 7.73. The second kappa shape index (κ2) is 7.44. The molecule has 0 amide bonds. The van der Waals surface area contributed by atoms with E-state index in [-0.39, 0.29) is 18.9 Å². The van der Waals surface area contributed by atoms with Crippen LogP contribution in [0.4, 0.5) is 5.69 Å². The topological polar surface area (TPSA) is 74.4 Å². The van der Waals surface area contributed by atoms with Crippen LogP contribution in [0.15, 0.2) is 77.7 Å². The van der Waals surface area contributed by atoms with Gasteiger partial charge in [0.05, 0.1) is 11.5 Å². The molecule has 3 rings (SSSR count). The molecule has 3 aromatic rings. The van der Waals surface area contributed by atoms with Crippen LogP contribution in [0.5, 0.6) is 5.75 Å². The number of aromatic nitrogens is 1. The number of nitro groups is 1. The average molecular weight is 336 g/mol. The summed E-state index contributed by atoms with van der Waals surface area (Å²) in [5.74, 6) is -0.0248. The van der Waals surface area contributed by atoms with Gasteiger partial charge >= 0.3 is 11.2 Å². The van der Waals surface area contributed by atoms with Crippen LogP contribution in [-0.2, 0) is 13.2 Å². The third kappa shape index (κ3) is 3.92. The van der Waals surface area contributed by atoms with Crippen molar-refractivity contribution < 1.29 is 9.66 Å². The number of ether oxygens (including phenoxy) is 1. The zero-order valence-corrected chi connectivity index (χ0v) is 13.4. The minimum absolute atomic E-state index is 0.0248. The Kier molecular flexibility index (Phi) is 4.89. The largest absolute Gasteiger partial charge is 0.482 e. The van der Waals surface area contributed by atoms with Crippen molar-refractivity contribution in [1.29, 1.82) is 0 Å². The van der Waals surface area contributed by atoms with Crippen molar-refractivity contribution in [3.05, 3.63) is 105 Å². The van der Waals surface area contributed by atoms with E-state index in [0.717, 1.165) is 11.1 Å². The summed E-state index contributed by atoms with van der Waals surface area (Å²) in [7, 11) is 0. The van der Waals surface area contributed by atoms with Gasteiger partial charge in [-0.1, -0.05) is 60.7 Å². The highest BCUT2D eigenvalue weighted by Crippen LogP contribution is 2.23. The SMILES string of the molecule is O=c1c([N+](=O)[O-])c(OCc2ccccc2)ccn1Cc1ccccc1. The maximum Gasteiger partial charge on any atom is 0.375 e. The van der Waals surface area contributed by atoms with Crippen molar-refractivity contribution in [2.24, 2.45) is 0 Å². The molecule has 126 valence electrons. The lowest BCUT2D eigenvalue weighted by atomic mass is 10.2. The first-order chi connectivity index (χ1) is 12.1. The summed E-state index contributed by atoms with van der Waals surface area (Å²) in [6.07, 6.45) is 1.52. The Morgan fingerprint density at radius 3 is 2.12 bits per heavy atom. The van der Waals surface area contributed by atoms with Crippen molar-refractivity contribution in [3.63, 3.8) is 0 Å². The highest BCUT2D eigenvalue weighted by Gasteiger charge is 2.22. The van der Waals surface area contributed by atoms with Crippen LogP contribution in [0.3, 0.4) is 0 Å². The van der Waals surface area contributed by atoms with Crippen LogP contribution in [-0.4, -0.2) is 9.49 Å². The molecule has 0 radical (unpaired) electrons. The zero-order valence-electron chi connectivity index (χ0n) is 13.4. The molecule has 0 bridgehead atoms. The lowest BCUT2D eigenvalue weighted by Gasteiger charge is -2.10. The molecule has 0 saturated carbocycles. The molecule has 0 N–H and O–H groups in total. The highest BCUT2D eigenvalue weighted by molar-refractivity contribution is 5.44. The van der Waals surface area contributed by atoms with Crippen LogP contribution in [0, 0.1) is 10.1 Å². The maximum atomic E-state index is 12.5. The van der Waals surface area contributed by atoms with Gasteiger partial charge in [0.25, 0.3) is 0 Å². The van der Waals surface area contributed by atoms with Crippen LogP contribution < -0.4 is 10.3 Å². The van der Waals surface area contributed by atoms with Gasteiger partial charge < -0.3 is 9.30 Å². The summed E-state index contributed by atoms with van der Waals surface area (Å²) in [6, 6.07) is 20.0. The second-order valence-corrected chi connectivity index (χ2v) is 5.48. The number of hydrogen-bond acceptors (Lipinski definition) is 4. The summed E-state index contributed by atoms with van der Waals surface area (Å²) in [5.41, 5.74) is 0.524. The Hall–Kier alpha value is -3.41. The zero-order chi connectivity index (χ0) is 17.6. The van der Waals surface area contributed by atoms with E-state index < -0.39 is 16.2 Å². The predicted molar refractivity (Wildman–Crippen MR) is 93.7 cm³/mol. The van der Waals surface area contributed by atoms with E-state index in [4.69, 9.17) is 4.74 Å². The number of pyridine rings is 1. The summed E-state index contributed by atoms with van der Waals surface area (Å²) in [4.78, 5) is 23.2. The minimum Gasteiger partial charge on any atom is -0.482 e. The first-order valence-electron chi connectivity index (χ1n) is 7.73. The molecular formula is C19H16N2O4. The predicted octanol–water partition coefficient (Wildman–Crippen LogP) is 3.38. The van der Waals surface area contributed by atoms with Crippen LogP contribution in [0.2, 0.25) is 0 Å². The van der Waals surface area contributed by atoms with E-state index in [2.05, 4.69) is 0 Å². The lowest BCUT2D eigenvalue weighted by molar-refractivity contribution is -0.387. The van der Waals surface area contributed by atoms with Gasteiger partial charge in [0.1, 0.15) is 6.61 Å². The van der Waals surface area contributed by atoms with E-state index in [1.165, 1.54) is 16.8 Å². The molecule has 6 nitrogen and oxygen atoms in total. The molecule has 0 saturated heterocycles. The molecule has 0 unspecified atom stereocenters. The summed E-state index contributed by atoms with van der Waals surface area (Å²) >= 11 is 0. The second-order valence-electron chi connectivity index (χ2n) is 5.48. The normalized spacial score (nSPS) is 10.4. The summed E-state index contributed by atoms with van der Waals surface area (Å²) < 4.78 is 6.82. The van der Waals surface area contributed by atoms with Gasteiger partial charge in [0.2, 0.25) is 5.75 Å². The third-order valence-electron chi connectivity index (χ3n) is 3.72. The molecule has 25 heavy (non-hydrogen) atoms. The van der Waals surface area contributed by atoms with Crippen molar-refractivity contribution in [2.45, 2.75) is 13.2 Å². The quantitative estimate of drug-likeness (QED) is 0.511. The monoisotopic (exact) mass is 336 g/mol. The number of benzene rings is 2. The Balaban J connectivity index is 1.88. The Bertz CT molecular complexity index is 921. The first kappa shape index (κ1) is 16.4. The number of rotatable bonds is 6. The number of nitrogens with zero attached hydrogens (tertiary/aromatic N) is 2. The molecule has 6 heteroatoms. The van der Waals surface area contributed by atoms with Crippen molar-refractivity contribution in [3.8, 4) is 5.75 Å². The molecular weight excluding hydrogens is 320 g/mol. The summed E-state index contributed by atoms with van der Waals surface area (Å²) in [5, 5.41) is 11.4. The van der Waals surface area contributed by atoms with E-state index in [1.807, 2.05) is 60.7 Å². The fourth-order valence-electron chi connectivity index (χ4n) is 2.47. The van der Waals surface area contributed by atoms with Gasteiger partial charge in [-0.3, -0.25) is 14.9 Å². The Morgan fingerprint density at radius 2 is 1.52 bits per heavy atom. The molecule has 0 aliphatic carbocycles. The van der Waals surface area contributed by atoms with Crippen LogP contribution in [0.25, 0.3) is 0 Å². The van der Waals surface area contributed by atoms with Gasteiger partial charge in [-0.05, 0) is 11.1 Å². The Labute approximate surface area is 144 Å². The molecule has 1 heterocycles. The minimum atomic E-state index is -0.690.